The Labute approximate surface area is 147 Å². The molecule has 0 saturated carbocycles. The van der Waals surface area contributed by atoms with E-state index in [4.69, 9.17) is 0 Å². The van der Waals surface area contributed by atoms with Crippen LogP contribution in [-0.2, 0) is 10.5 Å². The van der Waals surface area contributed by atoms with Crippen LogP contribution in [0.5, 0.6) is 0 Å². The molecule has 0 radical (unpaired) electrons. The molecule has 2 rings (SSSR count). The first-order valence-corrected chi connectivity index (χ1v) is 9.19. The molecule has 0 aliphatic carbocycles. The van der Waals surface area contributed by atoms with Crippen molar-refractivity contribution in [3.8, 4) is 0 Å². The van der Waals surface area contributed by atoms with Gasteiger partial charge in [0.05, 0.1) is 0 Å². The molecule has 24 heavy (non-hydrogen) atoms. The Morgan fingerprint density at radius 1 is 0.917 bits per heavy atom. The fourth-order valence-corrected chi connectivity index (χ4v) is 2.57. The molecule has 2 aromatic rings. The van der Waals surface area contributed by atoms with E-state index in [9.17, 15) is 9.59 Å². The zero-order valence-corrected chi connectivity index (χ0v) is 14.9. The van der Waals surface area contributed by atoms with E-state index in [1.54, 1.807) is 36.0 Å². The lowest BCUT2D eigenvalue weighted by Gasteiger charge is -2.09. The van der Waals surface area contributed by atoms with Crippen LogP contribution in [-0.4, -0.2) is 18.1 Å². The fourth-order valence-electron chi connectivity index (χ4n) is 2.05. The molecule has 2 amide bonds. The average molecular weight is 342 g/mol. The number of carbonyl (C=O) groups is 2. The Kier molecular flexibility index (Phi) is 6.44. The predicted octanol–water partition coefficient (Wildman–Crippen LogP) is 4.40. The minimum absolute atomic E-state index is 0.0304. The Bertz CT molecular complexity index is 694. The first-order chi connectivity index (χ1) is 11.5. The third-order valence-electron chi connectivity index (χ3n) is 3.46. The van der Waals surface area contributed by atoms with Crippen molar-refractivity contribution >= 4 is 35.0 Å². The third-order valence-corrected chi connectivity index (χ3v) is 4.08. The van der Waals surface area contributed by atoms with Crippen LogP contribution < -0.4 is 10.6 Å². The molecule has 0 saturated heterocycles. The van der Waals surface area contributed by atoms with Crippen LogP contribution in [0.1, 0.15) is 29.8 Å². The molecule has 5 heteroatoms. The molecule has 2 aromatic carbocycles. The van der Waals surface area contributed by atoms with Crippen molar-refractivity contribution in [2.24, 2.45) is 5.92 Å². The lowest BCUT2D eigenvalue weighted by molar-refractivity contribution is -0.118. The van der Waals surface area contributed by atoms with E-state index < -0.39 is 0 Å². The highest BCUT2D eigenvalue weighted by molar-refractivity contribution is 7.97. The largest absolute Gasteiger partial charge is 0.326 e. The highest BCUT2D eigenvalue weighted by Gasteiger charge is 2.08. The molecule has 0 unspecified atom stereocenters. The fraction of sp³-hybridized carbons (Fsp3) is 0.263. The van der Waals surface area contributed by atoms with Gasteiger partial charge in [0.25, 0.3) is 5.91 Å². The van der Waals surface area contributed by atoms with Crippen molar-refractivity contribution in [3.05, 3.63) is 59.7 Å². The first kappa shape index (κ1) is 18.1. The summed E-state index contributed by atoms with van der Waals surface area (Å²) in [4.78, 5) is 23.9. The number of hydrogen-bond acceptors (Lipinski definition) is 3. The van der Waals surface area contributed by atoms with Gasteiger partial charge in [0, 0.05) is 28.6 Å². The quantitative estimate of drug-likeness (QED) is 0.818. The minimum atomic E-state index is -0.148. The summed E-state index contributed by atoms with van der Waals surface area (Å²) in [6.07, 6.45) is 2.05. The van der Waals surface area contributed by atoms with Crippen LogP contribution in [0.15, 0.2) is 48.5 Å². The molecule has 0 aliphatic heterocycles. The third kappa shape index (κ3) is 5.13. The van der Waals surface area contributed by atoms with Crippen LogP contribution >= 0.6 is 11.8 Å². The van der Waals surface area contributed by atoms with E-state index in [1.807, 2.05) is 44.4 Å². The van der Waals surface area contributed by atoms with Crippen molar-refractivity contribution in [2.45, 2.75) is 19.6 Å². The molecular weight excluding hydrogens is 320 g/mol. The normalized spacial score (nSPS) is 10.5. The number of nitrogens with one attached hydrogen (secondary N) is 2. The van der Waals surface area contributed by atoms with Gasteiger partial charge in [0.2, 0.25) is 5.91 Å². The van der Waals surface area contributed by atoms with Crippen molar-refractivity contribution < 1.29 is 9.59 Å². The molecule has 4 nitrogen and oxygen atoms in total. The summed E-state index contributed by atoms with van der Waals surface area (Å²) in [6.45, 7) is 3.68. The van der Waals surface area contributed by atoms with Crippen LogP contribution in [0, 0.1) is 5.92 Å². The van der Waals surface area contributed by atoms with Crippen LogP contribution in [0.4, 0.5) is 11.4 Å². The second-order valence-electron chi connectivity index (χ2n) is 5.81. The van der Waals surface area contributed by atoms with Gasteiger partial charge in [-0.3, -0.25) is 9.59 Å². The first-order valence-electron chi connectivity index (χ1n) is 7.79. The number of benzene rings is 2. The maximum Gasteiger partial charge on any atom is 0.255 e. The Morgan fingerprint density at radius 3 is 1.96 bits per heavy atom. The van der Waals surface area contributed by atoms with E-state index in [2.05, 4.69) is 10.6 Å². The second-order valence-corrected chi connectivity index (χ2v) is 6.67. The van der Waals surface area contributed by atoms with Crippen molar-refractivity contribution in [3.63, 3.8) is 0 Å². The molecule has 0 spiro atoms. The average Bonchev–Trinajstić information content (AvgIpc) is 2.57. The molecule has 0 bridgehead atoms. The lowest BCUT2D eigenvalue weighted by atomic mass is 10.1. The molecule has 0 atom stereocenters. The lowest BCUT2D eigenvalue weighted by Crippen LogP contribution is -2.17. The summed E-state index contributed by atoms with van der Waals surface area (Å²) in [5, 5.41) is 5.67. The number of amides is 2. The van der Waals surface area contributed by atoms with E-state index in [0.717, 1.165) is 5.75 Å². The maximum atomic E-state index is 12.2. The number of carbonyl (C=O) groups excluding carboxylic acids is 2. The Balaban J connectivity index is 1.97. The van der Waals surface area contributed by atoms with Crippen molar-refractivity contribution in [1.29, 1.82) is 0 Å². The van der Waals surface area contributed by atoms with Gasteiger partial charge >= 0.3 is 0 Å². The highest BCUT2D eigenvalue weighted by Crippen LogP contribution is 2.16. The number of anilines is 2. The van der Waals surface area contributed by atoms with E-state index in [1.165, 1.54) is 5.56 Å². The molecule has 2 N–H and O–H groups in total. The molecule has 126 valence electrons. The Morgan fingerprint density at radius 2 is 1.46 bits per heavy atom. The van der Waals surface area contributed by atoms with E-state index >= 15 is 0 Å². The van der Waals surface area contributed by atoms with Crippen molar-refractivity contribution in [2.75, 3.05) is 16.9 Å². The smallest absolute Gasteiger partial charge is 0.255 e. The SMILES string of the molecule is CSCc1ccc(C(=O)Nc2ccc(NC(=O)C(C)C)cc2)cc1. The Hall–Kier alpha value is -2.27. The minimum Gasteiger partial charge on any atom is -0.326 e. The van der Waals surface area contributed by atoms with Gasteiger partial charge in [-0.2, -0.15) is 11.8 Å². The standard InChI is InChI=1S/C19H22N2O2S/c1-13(2)18(22)20-16-8-10-17(11-9-16)21-19(23)15-6-4-14(5-7-15)12-24-3/h4-11,13H,12H2,1-3H3,(H,20,22)(H,21,23). The van der Waals surface area contributed by atoms with Gasteiger partial charge in [0.1, 0.15) is 0 Å². The zero-order valence-electron chi connectivity index (χ0n) is 14.1. The number of thioether (sulfide) groups is 1. The summed E-state index contributed by atoms with van der Waals surface area (Å²) in [6, 6.07) is 14.7. The van der Waals surface area contributed by atoms with Gasteiger partial charge in [-0.05, 0) is 48.2 Å². The second kappa shape index (κ2) is 8.55. The van der Waals surface area contributed by atoms with Crippen LogP contribution in [0.25, 0.3) is 0 Å². The van der Waals surface area contributed by atoms with E-state index in [0.29, 0.717) is 16.9 Å². The van der Waals surface area contributed by atoms with Gasteiger partial charge in [-0.25, -0.2) is 0 Å². The summed E-state index contributed by atoms with van der Waals surface area (Å²) in [7, 11) is 0. The van der Waals surface area contributed by atoms with E-state index in [-0.39, 0.29) is 17.7 Å². The van der Waals surface area contributed by atoms with Gasteiger partial charge in [-0.1, -0.05) is 26.0 Å². The molecule has 0 aromatic heterocycles. The number of hydrogen-bond donors (Lipinski definition) is 2. The topological polar surface area (TPSA) is 58.2 Å². The highest BCUT2D eigenvalue weighted by atomic mass is 32.2. The molecule has 0 heterocycles. The van der Waals surface area contributed by atoms with Crippen LogP contribution in [0.3, 0.4) is 0 Å². The summed E-state index contributed by atoms with van der Waals surface area (Å²) in [5.41, 5.74) is 3.23. The number of rotatable bonds is 6. The predicted molar refractivity (Wildman–Crippen MR) is 102 cm³/mol. The molecule has 0 fully saturated rings. The maximum absolute atomic E-state index is 12.2. The van der Waals surface area contributed by atoms with Crippen molar-refractivity contribution in [1.82, 2.24) is 0 Å². The van der Waals surface area contributed by atoms with Crippen LogP contribution in [0.2, 0.25) is 0 Å². The monoisotopic (exact) mass is 342 g/mol. The molecular formula is C19H22N2O2S. The van der Waals surface area contributed by atoms with Gasteiger partial charge in [0.15, 0.2) is 0 Å². The summed E-state index contributed by atoms with van der Waals surface area (Å²) >= 11 is 1.75. The van der Waals surface area contributed by atoms with Gasteiger partial charge < -0.3 is 10.6 Å². The zero-order chi connectivity index (χ0) is 17.5. The van der Waals surface area contributed by atoms with Gasteiger partial charge in [-0.15, -0.1) is 0 Å². The molecule has 0 aliphatic rings. The summed E-state index contributed by atoms with van der Waals surface area (Å²) < 4.78 is 0. The summed E-state index contributed by atoms with van der Waals surface area (Å²) in [5.74, 6) is 0.686.